The summed E-state index contributed by atoms with van der Waals surface area (Å²) >= 11 is 0. The van der Waals surface area contributed by atoms with Crippen molar-refractivity contribution in [3.8, 4) is 28.7 Å². The molecule has 2 aromatic carbocycles. The molecule has 2 aromatic rings. The maximum atomic E-state index is 13.1. The van der Waals surface area contributed by atoms with Crippen LogP contribution in [0.3, 0.4) is 0 Å². The maximum Gasteiger partial charge on any atom is 0.174 e. The number of carbonyl (C=O) groups is 1. The van der Waals surface area contributed by atoms with Crippen molar-refractivity contribution in [2.75, 3.05) is 0 Å². The number of phenols is 4. The summed E-state index contributed by atoms with van der Waals surface area (Å²) < 4.78 is 6.08. The monoisotopic (exact) mass is 424 g/mol. The largest absolute Gasteiger partial charge is 0.506 e. The Morgan fingerprint density at radius 3 is 2.10 bits per heavy atom. The Morgan fingerprint density at radius 1 is 0.903 bits per heavy atom. The van der Waals surface area contributed by atoms with E-state index in [4.69, 9.17) is 4.74 Å². The molecule has 1 heterocycles. The highest BCUT2D eigenvalue weighted by atomic mass is 16.5. The van der Waals surface area contributed by atoms with Gasteiger partial charge in [0.1, 0.15) is 28.9 Å². The first kappa shape index (κ1) is 22.3. The number of phenolic OH excluding ortho intramolecular Hbond substituents is 4. The minimum absolute atomic E-state index is 0.0314. The van der Waals surface area contributed by atoms with Crippen LogP contribution in [-0.4, -0.2) is 26.2 Å². The molecule has 6 heteroatoms. The van der Waals surface area contributed by atoms with Gasteiger partial charge in [0.15, 0.2) is 17.3 Å². The summed E-state index contributed by atoms with van der Waals surface area (Å²) in [5.41, 5.74) is 1.01. The van der Waals surface area contributed by atoms with E-state index in [0.717, 1.165) is 0 Å². The summed E-state index contributed by atoms with van der Waals surface area (Å²) in [7, 11) is 0. The number of hydrogen-bond acceptors (Lipinski definition) is 6. The van der Waals surface area contributed by atoms with E-state index < -0.39 is 6.10 Å². The number of hydrogen-bond donors (Lipinski definition) is 4. The number of carbonyl (C=O) groups excluding carboxylic acids is 1. The van der Waals surface area contributed by atoms with Gasteiger partial charge in [-0.05, 0) is 29.5 Å². The van der Waals surface area contributed by atoms with E-state index in [-0.39, 0.29) is 63.9 Å². The SMILES string of the molecule is CC(C)C=Cc1c(O)c(C=CC(C)C)c2c(c1O)C(=O)CC(c1ccc(O)c(O)c1)O2. The third-order valence-corrected chi connectivity index (χ3v) is 5.05. The van der Waals surface area contributed by atoms with Crippen LogP contribution in [0.25, 0.3) is 12.2 Å². The van der Waals surface area contributed by atoms with Crippen LogP contribution in [0.5, 0.6) is 28.7 Å². The van der Waals surface area contributed by atoms with Crippen LogP contribution < -0.4 is 4.74 Å². The van der Waals surface area contributed by atoms with Crippen LogP contribution in [0.2, 0.25) is 0 Å². The van der Waals surface area contributed by atoms with Crippen molar-refractivity contribution in [2.45, 2.75) is 40.2 Å². The molecular formula is C25H28O6. The number of ketones is 1. The molecule has 1 aliphatic heterocycles. The van der Waals surface area contributed by atoms with Crippen molar-refractivity contribution in [1.29, 1.82) is 0 Å². The van der Waals surface area contributed by atoms with Gasteiger partial charge in [0.2, 0.25) is 0 Å². The smallest absolute Gasteiger partial charge is 0.174 e. The van der Waals surface area contributed by atoms with Crippen LogP contribution in [0, 0.1) is 11.8 Å². The van der Waals surface area contributed by atoms with E-state index in [1.165, 1.54) is 12.1 Å². The van der Waals surface area contributed by atoms with Crippen molar-refractivity contribution >= 4 is 17.9 Å². The Labute approximate surface area is 181 Å². The van der Waals surface area contributed by atoms with Crippen LogP contribution in [0.4, 0.5) is 0 Å². The number of benzene rings is 2. The Bertz CT molecular complexity index is 1060. The number of allylic oxidation sites excluding steroid dienone is 2. The first-order valence-corrected chi connectivity index (χ1v) is 10.3. The van der Waals surface area contributed by atoms with Gasteiger partial charge in [0, 0.05) is 0 Å². The summed E-state index contributed by atoms with van der Waals surface area (Å²) in [4.78, 5) is 13.1. The Morgan fingerprint density at radius 2 is 1.52 bits per heavy atom. The van der Waals surface area contributed by atoms with E-state index in [0.29, 0.717) is 11.1 Å². The van der Waals surface area contributed by atoms with Gasteiger partial charge in [0.25, 0.3) is 0 Å². The van der Waals surface area contributed by atoms with Gasteiger partial charge in [0.05, 0.1) is 17.5 Å². The highest BCUT2D eigenvalue weighted by molar-refractivity contribution is 6.05. The standard InChI is InChI=1S/C25H28O6/c1-13(2)5-8-16-23(29)17(9-6-14(3)4)25-22(24(16)30)20(28)12-21(31-25)15-7-10-18(26)19(27)11-15/h5-11,13-14,21,26-27,29-30H,12H2,1-4H3. The lowest BCUT2D eigenvalue weighted by molar-refractivity contribution is 0.0843. The van der Waals surface area contributed by atoms with Crippen molar-refractivity contribution in [3.05, 3.63) is 52.6 Å². The lowest BCUT2D eigenvalue weighted by atomic mass is 9.90. The average molecular weight is 424 g/mol. The molecule has 0 saturated heterocycles. The molecule has 4 N–H and O–H groups in total. The highest BCUT2D eigenvalue weighted by Gasteiger charge is 2.35. The molecule has 0 aromatic heterocycles. The topological polar surface area (TPSA) is 107 Å². The van der Waals surface area contributed by atoms with Crippen molar-refractivity contribution in [1.82, 2.24) is 0 Å². The third-order valence-electron chi connectivity index (χ3n) is 5.05. The lowest BCUT2D eigenvalue weighted by Crippen LogP contribution is -2.21. The van der Waals surface area contributed by atoms with Crippen molar-refractivity contribution in [3.63, 3.8) is 0 Å². The first-order valence-electron chi connectivity index (χ1n) is 10.3. The number of ether oxygens (including phenoxy) is 1. The van der Waals surface area contributed by atoms with Gasteiger partial charge < -0.3 is 25.2 Å². The van der Waals surface area contributed by atoms with E-state index in [9.17, 15) is 25.2 Å². The van der Waals surface area contributed by atoms with Crippen LogP contribution >= 0.6 is 0 Å². The summed E-state index contributed by atoms with van der Waals surface area (Å²) in [6.07, 6.45) is 6.19. The fraction of sp³-hybridized carbons (Fsp3) is 0.320. The molecule has 0 spiro atoms. The van der Waals surface area contributed by atoms with Crippen molar-refractivity contribution < 1.29 is 30.0 Å². The molecule has 1 atom stereocenters. The number of aromatic hydroxyl groups is 4. The van der Waals surface area contributed by atoms with E-state index in [1.807, 2.05) is 39.8 Å². The normalized spacial score (nSPS) is 16.5. The maximum absolute atomic E-state index is 13.1. The van der Waals surface area contributed by atoms with Crippen LogP contribution in [0.15, 0.2) is 30.4 Å². The molecule has 1 aliphatic rings. The number of rotatable bonds is 5. The lowest BCUT2D eigenvalue weighted by Gasteiger charge is -2.29. The Balaban J connectivity index is 2.19. The zero-order valence-electron chi connectivity index (χ0n) is 18.1. The Kier molecular flexibility index (Phi) is 6.29. The molecule has 0 bridgehead atoms. The molecule has 164 valence electrons. The molecular weight excluding hydrogens is 396 g/mol. The van der Waals surface area contributed by atoms with E-state index >= 15 is 0 Å². The summed E-state index contributed by atoms with van der Waals surface area (Å²) in [6, 6.07) is 4.21. The molecule has 31 heavy (non-hydrogen) atoms. The molecule has 1 unspecified atom stereocenters. The Hall–Kier alpha value is -3.41. The average Bonchev–Trinajstić information content (AvgIpc) is 2.68. The number of Topliss-reactive ketones (excluding diaryl/α,β-unsaturated/α-hetero) is 1. The van der Waals surface area contributed by atoms with E-state index in [2.05, 4.69) is 0 Å². The second-order valence-electron chi connectivity index (χ2n) is 8.42. The summed E-state index contributed by atoms with van der Waals surface area (Å²) in [5.74, 6) is -0.958. The molecule has 0 saturated carbocycles. The molecule has 0 fully saturated rings. The predicted molar refractivity (Wildman–Crippen MR) is 120 cm³/mol. The van der Waals surface area contributed by atoms with Crippen molar-refractivity contribution in [2.24, 2.45) is 11.8 Å². The van der Waals surface area contributed by atoms with Crippen LogP contribution in [0.1, 0.15) is 67.3 Å². The zero-order valence-corrected chi connectivity index (χ0v) is 18.1. The second kappa shape index (κ2) is 8.76. The first-order chi connectivity index (χ1) is 14.6. The fourth-order valence-electron chi connectivity index (χ4n) is 3.39. The third kappa shape index (κ3) is 4.53. The molecule has 3 rings (SSSR count). The number of fused-ring (bicyclic) bond motifs is 1. The quantitative estimate of drug-likeness (QED) is 0.469. The second-order valence-corrected chi connectivity index (χ2v) is 8.42. The fourth-order valence-corrected chi connectivity index (χ4v) is 3.39. The predicted octanol–water partition coefficient (Wildman–Crippen LogP) is 5.55. The van der Waals surface area contributed by atoms with Gasteiger partial charge >= 0.3 is 0 Å². The summed E-state index contributed by atoms with van der Waals surface area (Å²) in [6.45, 7) is 7.89. The van der Waals surface area contributed by atoms with Gasteiger partial charge in [-0.3, -0.25) is 4.79 Å². The van der Waals surface area contributed by atoms with Gasteiger partial charge in [-0.2, -0.15) is 0 Å². The highest BCUT2D eigenvalue weighted by Crippen LogP contribution is 2.49. The minimum Gasteiger partial charge on any atom is -0.506 e. The van der Waals surface area contributed by atoms with Gasteiger partial charge in [-0.1, -0.05) is 58.1 Å². The van der Waals surface area contributed by atoms with Gasteiger partial charge in [-0.25, -0.2) is 0 Å². The van der Waals surface area contributed by atoms with Crippen LogP contribution in [-0.2, 0) is 0 Å². The zero-order chi connectivity index (χ0) is 22.9. The molecule has 0 amide bonds. The van der Waals surface area contributed by atoms with Gasteiger partial charge in [-0.15, -0.1) is 0 Å². The summed E-state index contributed by atoms with van der Waals surface area (Å²) in [5, 5.41) is 41.2. The molecule has 6 nitrogen and oxygen atoms in total. The molecule has 0 aliphatic carbocycles. The minimum atomic E-state index is -0.742. The molecule has 0 radical (unpaired) electrons. The van der Waals surface area contributed by atoms with E-state index in [1.54, 1.807) is 18.2 Å².